The van der Waals surface area contributed by atoms with E-state index in [0.717, 1.165) is 0 Å². The number of aromatic nitrogens is 2. The summed E-state index contributed by atoms with van der Waals surface area (Å²) in [6.07, 6.45) is 1.85. The third-order valence-corrected chi connectivity index (χ3v) is 2.03. The molecule has 0 bridgehead atoms. The number of nitrogens with two attached hydrogens (primary N) is 1. The largest absolute Gasteiger partial charge is 0.383 e. The molecule has 0 aliphatic carbocycles. The second-order valence-electron chi connectivity index (χ2n) is 2.06. The summed E-state index contributed by atoms with van der Waals surface area (Å²) < 4.78 is 1.46. The third kappa shape index (κ3) is 1.54. The van der Waals surface area contributed by atoms with Gasteiger partial charge in [0.1, 0.15) is 5.82 Å². The Morgan fingerprint density at radius 3 is 2.91 bits per heavy atom. The molecule has 1 heterocycles. The molecule has 0 aliphatic rings. The summed E-state index contributed by atoms with van der Waals surface area (Å²) >= 11 is 1.40. The molecular formula is C6H9N3OS. The van der Waals surface area contributed by atoms with E-state index in [9.17, 15) is 4.79 Å². The van der Waals surface area contributed by atoms with Crippen molar-refractivity contribution in [1.82, 2.24) is 9.55 Å². The van der Waals surface area contributed by atoms with Crippen molar-refractivity contribution >= 4 is 17.6 Å². The van der Waals surface area contributed by atoms with Crippen LogP contribution < -0.4 is 11.3 Å². The Labute approximate surface area is 68.4 Å². The van der Waals surface area contributed by atoms with Gasteiger partial charge in [-0.05, 0) is 6.26 Å². The molecule has 11 heavy (non-hydrogen) atoms. The highest BCUT2D eigenvalue weighted by molar-refractivity contribution is 7.98. The fourth-order valence-corrected chi connectivity index (χ4v) is 1.28. The van der Waals surface area contributed by atoms with Crippen molar-refractivity contribution in [1.29, 1.82) is 0 Å². The second kappa shape index (κ2) is 2.96. The summed E-state index contributed by atoms with van der Waals surface area (Å²) in [7, 11) is 1.67. The van der Waals surface area contributed by atoms with Gasteiger partial charge in [-0.3, -0.25) is 9.36 Å². The molecule has 0 saturated heterocycles. The minimum absolute atomic E-state index is 0.123. The predicted octanol–water partition coefficient (Wildman–Crippen LogP) is 0.0844. The van der Waals surface area contributed by atoms with Crippen molar-refractivity contribution in [3.8, 4) is 0 Å². The van der Waals surface area contributed by atoms with Gasteiger partial charge in [0.2, 0.25) is 0 Å². The van der Waals surface area contributed by atoms with Crippen LogP contribution in [0.3, 0.4) is 0 Å². The van der Waals surface area contributed by atoms with Gasteiger partial charge >= 0.3 is 0 Å². The highest BCUT2D eigenvalue weighted by Gasteiger charge is 2.00. The Hall–Kier alpha value is -0.970. The van der Waals surface area contributed by atoms with Crippen molar-refractivity contribution in [2.75, 3.05) is 12.0 Å². The average molecular weight is 171 g/mol. The molecule has 0 fully saturated rings. The van der Waals surface area contributed by atoms with Gasteiger partial charge in [-0.2, -0.15) is 0 Å². The SMILES string of the molecule is CSc1nc(N)cc(=O)n1C. The molecule has 0 aromatic carbocycles. The first-order chi connectivity index (χ1) is 5.15. The first kappa shape index (κ1) is 8.13. The molecule has 60 valence electrons. The van der Waals surface area contributed by atoms with E-state index in [4.69, 9.17) is 5.73 Å². The summed E-state index contributed by atoms with van der Waals surface area (Å²) in [6.45, 7) is 0. The quantitative estimate of drug-likeness (QED) is 0.480. The van der Waals surface area contributed by atoms with Gasteiger partial charge in [0.15, 0.2) is 5.16 Å². The van der Waals surface area contributed by atoms with Gasteiger partial charge in [0, 0.05) is 13.1 Å². The molecule has 0 aliphatic heterocycles. The molecule has 1 aromatic heterocycles. The summed E-state index contributed by atoms with van der Waals surface area (Å²) in [4.78, 5) is 15.0. The van der Waals surface area contributed by atoms with Gasteiger partial charge in [-0.1, -0.05) is 11.8 Å². The fourth-order valence-electron chi connectivity index (χ4n) is 0.718. The van der Waals surface area contributed by atoms with Crippen LogP contribution in [0.4, 0.5) is 5.82 Å². The smallest absolute Gasteiger partial charge is 0.255 e. The number of nitrogen functional groups attached to an aromatic ring is 1. The van der Waals surface area contributed by atoms with Crippen LogP contribution in [-0.2, 0) is 7.05 Å². The van der Waals surface area contributed by atoms with Crippen molar-refractivity contribution in [2.45, 2.75) is 5.16 Å². The van der Waals surface area contributed by atoms with Gasteiger partial charge < -0.3 is 5.73 Å². The van der Waals surface area contributed by atoms with Crippen molar-refractivity contribution in [3.05, 3.63) is 16.4 Å². The molecular weight excluding hydrogens is 162 g/mol. The van der Waals surface area contributed by atoms with E-state index in [0.29, 0.717) is 5.16 Å². The lowest BCUT2D eigenvalue weighted by Gasteiger charge is -2.02. The lowest BCUT2D eigenvalue weighted by Crippen LogP contribution is -2.19. The van der Waals surface area contributed by atoms with Crippen LogP contribution in [0, 0.1) is 0 Å². The highest BCUT2D eigenvalue weighted by Crippen LogP contribution is 2.08. The van der Waals surface area contributed by atoms with E-state index >= 15 is 0 Å². The van der Waals surface area contributed by atoms with E-state index in [1.807, 2.05) is 6.26 Å². The van der Waals surface area contributed by atoms with Gasteiger partial charge in [0.25, 0.3) is 5.56 Å². The first-order valence-corrected chi connectivity index (χ1v) is 4.25. The van der Waals surface area contributed by atoms with Crippen LogP contribution in [0.15, 0.2) is 16.0 Å². The Bertz CT molecular complexity index is 320. The Morgan fingerprint density at radius 2 is 2.36 bits per heavy atom. The fraction of sp³-hybridized carbons (Fsp3) is 0.333. The topological polar surface area (TPSA) is 60.9 Å². The normalized spacial score (nSPS) is 10.0. The van der Waals surface area contributed by atoms with Gasteiger partial charge in [0.05, 0.1) is 0 Å². The zero-order valence-electron chi connectivity index (χ0n) is 6.37. The van der Waals surface area contributed by atoms with E-state index in [2.05, 4.69) is 4.98 Å². The molecule has 0 saturated carbocycles. The molecule has 5 heteroatoms. The molecule has 0 spiro atoms. The van der Waals surface area contributed by atoms with Crippen LogP contribution in [0.2, 0.25) is 0 Å². The minimum atomic E-state index is -0.123. The molecule has 4 nitrogen and oxygen atoms in total. The number of anilines is 1. The number of rotatable bonds is 1. The first-order valence-electron chi connectivity index (χ1n) is 3.02. The van der Waals surface area contributed by atoms with Gasteiger partial charge in [-0.25, -0.2) is 4.98 Å². The average Bonchev–Trinajstić information content (AvgIpc) is 1.96. The van der Waals surface area contributed by atoms with Gasteiger partial charge in [-0.15, -0.1) is 0 Å². The predicted molar refractivity (Wildman–Crippen MR) is 45.7 cm³/mol. The monoisotopic (exact) mass is 171 g/mol. The Kier molecular flexibility index (Phi) is 2.19. The zero-order valence-corrected chi connectivity index (χ0v) is 7.18. The Morgan fingerprint density at radius 1 is 1.73 bits per heavy atom. The minimum Gasteiger partial charge on any atom is -0.383 e. The molecule has 0 atom stereocenters. The lowest BCUT2D eigenvalue weighted by atomic mass is 10.6. The zero-order chi connectivity index (χ0) is 8.43. The second-order valence-corrected chi connectivity index (χ2v) is 2.84. The molecule has 0 radical (unpaired) electrons. The van der Waals surface area contributed by atoms with Crippen LogP contribution >= 0.6 is 11.8 Å². The van der Waals surface area contributed by atoms with Crippen LogP contribution in [0.1, 0.15) is 0 Å². The standard InChI is InChI=1S/C6H9N3OS/c1-9-5(10)3-4(7)8-6(9)11-2/h3H,7H2,1-2H3. The summed E-state index contributed by atoms with van der Waals surface area (Å²) in [6, 6.07) is 1.31. The highest BCUT2D eigenvalue weighted by atomic mass is 32.2. The van der Waals surface area contributed by atoms with E-state index in [-0.39, 0.29) is 11.4 Å². The summed E-state index contributed by atoms with van der Waals surface area (Å²) in [5.74, 6) is 0.275. The maximum Gasteiger partial charge on any atom is 0.255 e. The Balaban J connectivity index is 3.36. The number of thioether (sulfide) groups is 1. The molecule has 0 amide bonds. The number of hydrogen-bond acceptors (Lipinski definition) is 4. The number of nitrogens with zero attached hydrogens (tertiary/aromatic N) is 2. The maximum atomic E-state index is 11.0. The molecule has 0 unspecified atom stereocenters. The van der Waals surface area contributed by atoms with E-state index < -0.39 is 0 Å². The molecule has 2 N–H and O–H groups in total. The summed E-state index contributed by atoms with van der Waals surface area (Å²) in [5, 5.41) is 0.634. The van der Waals surface area contributed by atoms with Crippen molar-refractivity contribution < 1.29 is 0 Å². The summed E-state index contributed by atoms with van der Waals surface area (Å²) in [5.41, 5.74) is 5.24. The van der Waals surface area contributed by atoms with Crippen molar-refractivity contribution in [3.63, 3.8) is 0 Å². The van der Waals surface area contributed by atoms with Crippen LogP contribution in [-0.4, -0.2) is 15.8 Å². The molecule has 1 rings (SSSR count). The van der Waals surface area contributed by atoms with Crippen molar-refractivity contribution in [2.24, 2.45) is 7.05 Å². The van der Waals surface area contributed by atoms with Crippen LogP contribution in [0.5, 0.6) is 0 Å². The van der Waals surface area contributed by atoms with E-state index in [1.54, 1.807) is 7.05 Å². The van der Waals surface area contributed by atoms with Crippen LogP contribution in [0.25, 0.3) is 0 Å². The van der Waals surface area contributed by atoms with E-state index in [1.165, 1.54) is 22.4 Å². The molecule has 1 aromatic rings. The number of hydrogen-bond donors (Lipinski definition) is 1. The maximum absolute atomic E-state index is 11.0. The lowest BCUT2D eigenvalue weighted by molar-refractivity contribution is 0.714. The third-order valence-electron chi connectivity index (χ3n) is 1.30.